The summed E-state index contributed by atoms with van der Waals surface area (Å²) in [4.78, 5) is 23.5. The molecule has 3 rings (SSSR count). The molecule has 6 heteroatoms. The van der Waals surface area contributed by atoms with E-state index in [1.807, 2.05) is 0 Å². The smallest absolute Gasteiger partial charge is 0.354 e. The van der Waals surface area contributed by atoms with Crippen LogP contribution in [0.25, 0.3) is 22.6 Å². The molecule has 0 spiro atoms. The lowest BCUT2D eigenvalue weighted by Gasteiger charge is -2.06. The Bertz CT molecular complexity index is 838. The third kappa shape index (κ3) is 2.80. The number of carboxylic acid groups (broad SMARTS) is 1. The van der Waals surface area contributed by atoms with Crippen molar-refractivity contribution in [2.24, 2.45) is 0 Å². The standard InChI is InChI=1S/C16H10FN3O2/c17-12-5-1-3-10(7-12)13-8-14(16(21)22)20-15(19-13)11-4-2-6-18-9-11/h1-9H,(H,21,22). The minimum atomic E-state index is -1.18. The van der Waals surface area contributed by atoms with Crippen molar-refractivity contribution in [1.82, 2.24) is 15.0 Å². The molecule has 0 saturated carbocycles. The van der Waals surface area contributed by atoms with E-state index in [4.69, 9.17) is 0 Å². The molecule has 0 saturated heterocycles. The molecule has 3 aromatic rings. The number of rotatable bonds is 3. The van der Waals surface area contributed by atoms with E-state index in [9.17, 15) is 14.3 Å². The molecule has 1 N–H and O–H groups in total. The van der Waals surface area contributed by atoms with Crippen LogP contribution in [-0.4, -0.2) is 26.0 Å². The second-order valence-electron chi connectivity index (χ2n) is 4.52. The zero-order valence-electron chi connectivity index (χ0n) is 11.3. The molecule has 2 heterocycles. The van der Waals surface area contributed by atoms with Crippen LogP contribution in [-0.2, 0) is 0 Å². The van der Waals surface area contributed by atoms with Gasteiger partial charge in [0.1, 0.15) is 5.82 Å². The average molecular weight is 295 g/mol. The van der Waals surface area contributed by atoms with Gasteiger partial charge in [0.15, 0.2) is 11.5 Å². The van der Waals surface area contributed by atoms with Gasteiger partial charge in [0.05, 0.1) is 5.69 Å². The van der Waals surface area contributed by atoms with Crippen LogP contribution in [0, 0.1) is 5.82 Å². The summed E-state index contributed by atoms with van der Waals surface area (Å²) < 4.78 is 13.4. The molecule has 0 amide bonds. The fraction of sp³-hybridized carbons (Fsp3) is 0. The first-order valence-corrected chi connectivity index (χ1v) is 6.42. The predicted molar refractivity (Wildman–Crippen MR) is 77.6 cm³/mol. The van der Waals surface area contributed by atoms with E-state index in [-0.39, 0.29) is 11.5 Å². The van der Waals surface area contributed by atoms with E-state index in [0.717, 1.165) is 0 Å². The highest BCUT2D eigenvalue weighted by Crippen LogP contribution is 2.22. The van der Waals surface area contributed by atoms with E-state index in [1.54, 1.807) is 24.4 Å². The number of aromatic nitrogens is 3. The zero-order valence-corrected chi connectivity index (χ0v) is 11.3. The molecule has 0 aliphatic carbocycles. The molecule has 0 aliphatic rings. The minimum Gasteiger partial charge on any atom is -0.477 e. The van der Waals surface area contributed by atoms with Crippen LogP contribution in [0.2, 0.25) is 0 Å². The van der Waals surface area contributed by atoms with E-state index in [1.165, 1.54) is 30.5 Å². The van der Waals surface area contributed by atoms with Gasteiger partial charge in [-0.1, -0.05) is 12.1 Å². The Morgan fingerprint density at radius 3 is 2.55 bits per heavy atom. The van der Waals surface area contributed by atoms with Gasteiger partial charge in [-0.25, -0.2) is 19.2 Å². The van der Waals surface area contributed by atoms with Crippen molar-refractivity contribution >= 4 is 5.97 Å². The highest BCUT2D eigenvalue weighted by atomic mass is 19.1. The SMILES string of the molecule is O=C(O)c1cc(-c2cccc(F)c2)nc(-c2cccnc2)n1. The molecule has 0 aliphatic heterocycles. The van der Waals surface area contributed by atoms with Crippen LogP contribution >= 0.6 is 0 Å². The maximum atomic E-state index is 13.4. The summed E-state index contributed by atoms with van der Waals surface area (Å²) in [6.45, 7) is 0. The van der Waals surface area contributed by atoms with Gasteiger partial charge in [0.2, 0.25) is 0 Å². The number of hydrogen-bond donors (Lipinski definition) is 1. The van der Waals surface area contributed by atoms with Gasteiger partial charge in [0, 0.05) is 23.5 Å². The van der Waals surface area contributed by atoms with E-state index < -0.39 is 11.8 Å². The van der Waals surface area contributed by atoms with Crippen LogP contribution in [0.5, 0.6) is 0 Å². The number of hydrogen-bond acceptors (Lipinski definition) is 4. The van der Waals surface area contributed by atoms with Crippen LogP contribution < -0.4 is 0 Å². The molecular formula is C16H10FN3O2. The topological polar surface area (TPSA) is 76.0 Å². The Labute approximate surface area is 125 Å². The van der Waals surface area contributed by atoms with Crippen molar-refractivity contribution in [3.8, 4) is 22.6 Å². The van der Waals surface area contributed by atoms with Crippen LogP contribution in [0.15, 0.2) is 54.9 Å². The molecule has 22 heavy (non-hydrogen) atoms. The molecule has 0 radical (unpaired) electrons. The zero-order chi connectivity index (χ0) is 15.5. The Balaban J connectivity index is 2.19. The van der Waals surface area contributed by atoms with Crippen molar-refractivity contribution < 1.29 is 14.3 Å². The average Bonchev–Trinajstić information content (AvgIpc) is 2.55. The summed E-state index contributed by atoms with van der Waals surface area (Å²) in [5.41, 5.74) is 1.25. The lowest BCUT2D eigenvalue weighted by Crippen LogP contribution is -2.04. The van der Waals surface area contributed by atoms with E-state index in [2.05, 4.69) is 15.0 Å². The fourth-order valence-electron chi connectivity index (χ4n) is 1.98. The van der Waals surface area contributed by atoms with E-state index >= 15 is 0 Å². The molecule has 0 unspecified atom stereocenters. The second-order valence-corrected chi connectivity index (χ2v) is 4.52. The quantitative estimate of drug-likeness (QED) is 0.803. The predicted octanol–water partition coefficient (Wildman–Crippen LogP) is 3.04. The number of carbonyl (C=O) groups is 1. The second kappa shape index (κ2) is 5.69. The first-order valence-electron chi connectivity index (χ1n) is 6.42. The molecular weight excluding hydrogens is 285 g/mol. The maximum absolute atomic E-state index is 13.4. The third-order valence-electron chi connectivity index (χ3n) is 2.99. The van der Waals surface area contributed by atoms with Gasteiger partial charge in [-0.15, -0.1) is 0 Å². The van der Waals surface area contributed by atoms with Gasteiger partial charge < -0.3 is 5.11 Å². The normalized spacial score (nSPS) is 10.4. The number of aromatic carboxylic acids is 1. The Morgan fingerprint density at radius 2 is 1.86 bits per heavy atom. The summed E-state index contributed by atoms with van der Waals surface area (Å²) in [6, 6.07) is 10.5. The number of nitrogens with zero attached hydrogens (tertiary/aromatic N) is 3. The monoisotopic (exact) mass is 295 g/mol. The molecule has 1 aromatic carbocycles. The number of carboxylic acids is 1. The fourth-order valence-corrected chi connectivity index (χ4v) is 1.98. The largest absolute Gasteiger partial charge is 0.477 e. The molecule has 0 bridgehead atoms. The van der Waals surface area contributed by atoms with Crippen LogP contribution in [0.4, 0.5) is 4.39 Å². The molecule has 108 valence electrons. The summed E-state index contributed by atoms with van der Waals surface area (Å²) in [7, 11) is 0. The van der Waals surface area contributed by atoms with Crippen LogP contribution in [0.1, 0.15) is 10.5 Å². The number of pyridine rings is 1. The molecule has 0 fully saturated rings. The van der Waals surface area contributed by atoms with Gasteiger partial charge >= 0.3 is 5.97 Å². The molecule has 5 nitrogen and oxygen atoms in total. The van der Waals surface area contributed by atoms with Gasteiger partial charge in [-0.2, -0.15) is 0 Å². The number of halogens is 1. The minimum absolute atomic E-state index is 0.159. The van der Waals surface area contributed by atoms with Crippen LogP contribution in [0.3, 0.4) is 0 Å². The summed E-state index contributed by atoms with van der Waals surface area (Å²) in [6.07, 6.45) is 3.13. The summed E-state index contributed by atoms with van der Waals surface area (Å²) >= 11 is 0. The van der Waals surface area contributed by atoms with Crippen molar-refractivity contribution in [2.75, 3.05) is 0 Å². The van der Waals surface area contributed by atoms with Crippen molar-refractivity contribution in [3.63, 3.8) is 0 Å². The summed E-state index contributed by atoms with van der Waals surface area (Å²) in [5, 5.41) is 9.20. The highest BCUT2D eigenvalue weighted by Gasteiger charge is 2.13. The Morgan fingerprint density at radius 1 is 1.05 bits per heavy atom. The lowest BCUT2D eigenvalue weighted by atomic mass is 10.1. The summed E-state index contributed by atoms with van der Waals surface area (Å²) in [5.74, 6) is -1.37. The maximum Gasteiger partial charge on any atom is 0.354 e. The van der Waals surface area contributed by atoms with Gasteiger partial charge in [0.25, 0.3) is 0 Å². The van der Waals surface area contributed by atoms with Crippen molar-refractivity contribution in [2.45, 2.75) is 0 Å². The first kappa shape index (κ1) is 13.8. The highest BCUT2D eigenvalue weighted by molar-refractivity contribution is 5.87. The first-order chi connectivity index (χ1) is 10.6. The molecule has 0 atom stereocenters. The van der Waals surface area contributed by atoms with E-state index in [0.29, 0.717) is 16.8 Å². The van der Waals surface area contributed by atoms with Gasteiger partial charge in [-0.05, 0) is 30.3 Å². The Kier molecular flexibility index (Phi) is 3.57. The van der Waals surface area contributed by atoms with Crippen molar-refractivity contribution in [3.05, 3.63) is 66.4 Å². The Hall–Kier alpha value is -3.15. The third-order valence-corrected chi connectivity index (χ3v) is 2.99. The lowest BCUT2D eigenvalue weighted by molar-refractivity contribution is 0.0690. The van der Waals surface area contributed by atoms with Crippen molar-refractivity contribution in [1.29, 1.82) is 0 Å². The molecule has 2 aromatic heterocycles. The van der Waals surface area contributed by atoms with Gasteiger partial charge in [-0.3, -0.25) is 4.98 Å². The number of benzene rings is 1.